The van der Waals surface area contributed by atoms with E-state index in [2.05, 4.69) is 22.1 Å². The third-order valence-electron chi connectivity index (χ3n) is 3.59. The highest BCUT2D eigenvalue weighted by Gasteiger charge is 2.22. The summed E-state index contributed by atoms with van der Waals surface area (Å²) in [6.45, 7) is 0. The van der Waals surface area contributed by atoms with Gasteiger partial charge in [0, 0.05) is 11.3 Å². The smallest absolute Gasteiger partial charge is 0.311 e. The van der Waals surface area contributed by atoms with Gasteiger partial charge in [0.2, 0.25) is 0 Å². The van der Waals surface area contributed by atoms with Crippen molar-refractivity contribution in [2.75, 3.05) is 0 Å². The molecule has 92 valence electrons. The quantitative estimate of drug-likeness (QED) is 0.792. The Hall–Kier alpha value is -2.10. The Morgan fingerprint density at radius 3 is 2.61 bits per heavy atom. The van der Waals surface area contributed by atoms with Gasteiger partial charge in [0.25, 0.3) is 5.56 Å². The molecule has 2 aromatic rings. The number of H-pyrrole nitrogens is 2. The maximum absolute atomic E-state index is 11.8. The number of nitrogens with one attached hydrogen (secondary N) is 2. The molecule has 0 radical (unpaired) electrons. The second-order valence-corrected chi connectivity index (χ2v) is 4.72. The third-order valence-corrected chi connectivity index (χ3v) is 3.59. The van der Waals surface area contributed by atoms with E-state index in [1.54, 1.807) is 0 Å². The first-order valence-electron chi connectivity index (χ1n) is 6.13. The van der Waals surface area contributed by atoms with E-state index < -0.39 is 5.69 Å². The highest BCUT2D eigenvalue weighted by atomic mass is 16.2. The lowest BCUT2D eigenvalue weighted by atomic mass is 9.82. The van der Waals surface area contributed by atoms with Gasteiger partial charge in [0.15, 0.2) is 0 Å². The third kappa shape index (κ3) is 1.90. The van der Waals surface area contributed by atoms with Gasteiger partial charge in [-0.25, -0.2) is 4.79 Å². The van der Waals surface area contributed by atoms with Crippen molar-refractivity contribution in [3.63, 3.8) is 0 Å². The summed E-state index contributed by atoms with van der Waals surface area (Å²) in [4.78, 5) is 28.0. The second-order valence-electron chi connectivity index (χ2n) is 4.72. The van der Waals surface area contributed by atoms with E-state index in [1.807, 2.05) is 18.2 Å². The molecule has 1 aliphatic rings. The zero-order chi connectivity index (χ0) is 12.5. The minimum atomic E-state index is -0.406. The van der Waals surface area contributed by atoms with Crippen LogP contribution < -0.4 is 11.2 Å². The summed E-state index contributed by atoms with van der Waals surface area (Å²) >= 11 is 0. The van der Waals surface area contributed by atoms with Crippen molar-refractivity contribution in [3.05, 3.63) is 68.0 Å². The normalized spacial score (nSPS) is 18.3. The van der Waals surface area contributed by atoms with Gasteiger partial charge in [-0.15, -0.1) is 0 Å². The van der Waals surface area contributed by atoms with E-state index in [0.29, 0.717) is 12.3 Å². The minimum Gasteiger partial charge on any atom is -0.311 e. The maximum Gasteiger partial charge on any atom is 0.325 e. The predicted octanol–water partition coefficient (Wildman–Crippen LogP) is 1.34. The van der Waals surface area contributed by atoms with Crippen molar-refractivity contribution < 1.29 is 0 Å². The summed E-state index contributed by atoms with van der Waals surface area (Å²) in [5.41, 5.74) is 2.14. The summed E-state index contributed by atoms with van der Waals surface area (Å²) in [6, 6.07) is 10.2. The lowest BCUT2D eigenvalue weighted by Gasteiger charge is -2.23. The molecule has 1 aromatic carbocycles. The van der Waals surface area contributed by atoms with Crippen LogP contribution >= 0.6 is 0 Å². The lowest BCUT2D eigenvalue weighted by molar-refractivity contribution is 0.564. The van der Waals surface area contributed by atoms with Gasteiger partial charge in [0.05, 0.1) is 0 Å². The molecule has 0 fully saturated rings. The Morgan fingerprint density at radius 1 is 1.06 bits per heavy atom. The molecule has 0 spiro atoms. The fourth-order valence-electron chi connectivity index (χ4n) is 2.67. The lowest BCUT2D eigenvalue weighted by Crippen LogP contribution is -2.31. The number of hydrogen-bond acceptors (Lipinski definition) is 2. The van der Waals surface area contributed by atoms with Crippen LogP contribution in [0.5, 0.6) is 0 Å². The average molecular weight is 242 g/mol. The van der Waals surface area contributed by atoms with Crippen molar-refractivity contribution in [3.8, 4) is 0 Å². The molecular formula is C14H14N2O2. The number of aromatic amines is 2. The molecule has 0 saturated heterocycles. The number of aromatic nitrogens is 2. The van der Waals surface area contributed by atoms with Crippen LogP contribution in [0.1, 0.15) is 29.2 Å². The first-order chi connectivity index (χ1) is 8.74. The highest BCUT2D eigenvalue weighted by molar-refractivity contribution is 5.28. The van der Waals surface area contributed by atoms with Gasteiger partial charge in [-0.3, -0.25) is 9.78 Å². The van der Waals surface area contributed by atoms with Gasteiger partial charge in [-0.05, 0) is 30.7 Å². The molecular weight excluding hydrogens is 228 g/mol. The largest absolute Gasteiger partial charge is 0.325 e. The Labute approximate surface area is 104 Å². The second kappa shape index (κ2) is 4.29. The zero-order valence-corrected chi connectivity index (χ0v) is 9.90. The van der Waals surface area contributed by atoms with Gasteiger partial charge in [0.1, 0.15) is 0 Å². The predicted molar refractivity (Wildman–Crippen MR) is 68.9 cm³/mol. The molecule has 4 heteroatoms. The van der Waals surface area contributed by atoms with Gasteiger partial charge in [-0.1, -0.05) is 30.3 Å². The van der Waals surface area contributed by atoms with E-state index >= 15 is 0 Å². The van der Waals surface area contributed by atoms with Crippen LogP contribution in [0, 0.1) is 0 Å². The van der Waals surface area contributed by atoms with Crippen LogP contribution in [0.2, 0.25) is 0 Å². The van der Waals surface area contributed by atoms with Crippen molar-refractivity contribution >= 4 is 0 Å². The first-order valence-corrected chi connectivity index (χ1v) is 6.13. The standard InChI is InChI=1S/C14H14N2O2/c17-13-11-8-10(9-4-2-1-3-5-9)6-7-12(11)15-14(18)16-13/h1-5,10H,6-8H2,(H2,15,16,17,18)/t10-/m1/s1. The summed E-state index contributed by atoms with van der Waals surface area (Å²) < 4.78 is 0. The zero-order valence-electron chi connectivity index (χ0n) is 9.90. The van der Waals surface area contributed by atoms with Crippen molar-refractivity contribution in [2.24, 2.45) is 0 Å². The Bertz CT molecular complexity index is 670. The number of aryl methyl sites for hydroxylation is 1. The fraction of sp³-hybridized carbons (Fsp3) is 0.286. The number of benzene rings is 1. The average Bonchev–Trinajstić information content (AvgIpc) is 2.39. The SMILES string of the molecule is O=c1[nH]c2c(c(=O)[nH]1)C[C@H](c1ccccc1)CC2. The topological polar surface area (TPSA) is 65.7 Å². The molecule has 0 unspecified atom stereocenters. The monoisotopic (exact) mass is 242 g/mol. The number of hydrogen-bond donors (Lipinski definition) is 2. The van der Waals surface area contributed by atoms with Crippen LogP contribution in [0.15, 0.2) is 39.9 Å². The van der Waals surface area contributed by atoms with Crippen LogP contribution in [0.3, 0.4) is 0 Å². The minimum absolute atomic E-state index is 0.241. The molecule has 0 bridgehead atoms. The molecule has 3 rings (SSSR count). The van der Waals surface area contributed by atoms with Crippen LogP contribution in [0.25, 0.3) is 0 Å². The van der Waals surface area contributed by atoms with Crippen molar-refractivity contribution in [1.82, 2.24) is 9.97 Å². The fourth-order valence-corrected chi connectivity index (χ4v) is 2.67. The number of fused-ring (bicyclic) bond motifs is 1. The van der Waals surface area contributed by atoms with Crippen LogP contribution in [0.4, 0.5) is 0 Å². The van der Waals surface area contributed by atoms with E-state index in [1.165, 1.54) is 5.56 Å². The van der Waals surface area contributed by atoms with Gasteiger partial charge < -0.3 is 4.98 Å². The van der Waals surface area contributed by atoms with E-state index in [9.17, 15) is 9.59 Å². The van der Waals surface area contributed by atoms with E-state index in [4.69, 9.17) is 0 Å². The summed E-state index contributed by atoms with van der Waals surface area (Å²) in [7, 11) is 0. The van der Waals surface area contributed by atoms with Gasteiger partial charge >= 0.3 is 5.69 Å². The Balaban J connectivity index is 1.99. The van der Waals surface area contributed by atoms with Crippen molar-refractivity contribution in [2.45, 2.75) is 25.2 Å². The molecule has 1 aliphatic carbocycles. The van der Waals surface area contributed by atoms with E-state index in [-0.39, 0.29) is 5.56 Å². The Kier molecular flexibility index (Phi) is 2.63. The summed E-state index contributed by atoms with van der Waals surface area (Å²) in [5.74, 6) is 0.366. The maximum atomic E-state index is 11.8. The van der Waals surface area contributed by atoms with Crippen LogP contribution in [-0.2, 0) is 12.8 Å². The van der Waals surface area contributed by atoms with Crippen LogP contribution in [-0.4, -0.2) is 9.97 Å². The molecule has 1 atom stereocenters. The molecule has 4 nitrogen and oxygen atoms in total. The summed E-state index contributed by atoms with van der Waals surface area (Å²) in [5, 5.41) is 0. The molecule has 1 aromatic heterocycles. The Morgan fingerprint density at radius 2 is 1.83 bits per heavy atom. The molecule has 0 amide bonds. The van der Waals surface area contributed by atoms with E-state index in [0.717, 1.165) is 24.1 Å². The first kappa shape index (κ1) is 11.0. The highest BCUT2D eigenvalue weighted by Crippen LogP contribution is 2.29. The summed E-state index contributed by atoms with van der Waals surface area (Å²) in [6.07, 6.45) is 2.43. The number of rotatable bonds is 1. The molecule has 0 saturated carbocycles. The molecule has 18 heavy (non-hydrogen) atoms. The van der Waals surface area contributed by atoms with Gasteiger partial charge in [-0.2, -0.15) is 0 Å². The molecule has 1 heterocycles. The van der Waals surface area contributed by atoms with Crippen molar-refractivity contribution in [1.29, 1.82) is 0 Å². The molecule has 2 N–H and O–H groups in total. The molecule has 0 aliphatic heterocycles.